The van der Waals surface area contributed by atoms with E-state index in [0.29, 0.717) is 16.9 Å². The van der Waals surface area contributed by atoms with Gasteiger partial charge < -0.3 is 19.8 Å². The molecular weight excluding hydrogens is 599 g/mol. The number of para-hydroxylation sites is 1. The van der Waals surface area contributed by atoms with Crippen LogP contribution in [-0.2, 0) is 9.59 Å². The Morgan fingerprint density at radius 3 is 2.56 bits per heavy atom. The minimum absolute atomic E-state index is 0.00967. The first-order valence-electron chi connectivity index (χ1n) is 14.6. The van der Waals surface area contributed by atoms with E-state index in [1.165, 1.54) is 39.6 Å². The smallest absolute Gasteiger partial charge is 0.354 e. The Kier molecular flexibility index (Phi) is 7.39. The summed E-state index contributed by atoms with van der Waals surface area (Å²) in [6, 6.07) is 6.42. The summed E-state index contributed by atoms with van der Waals surface area (Å²) in [7, 11) is 1.52. The number of halogens is 2. The van der Waals surface area contributed by atoms with Gasteiger partial charge >= 0.3 is 5.69 Å². The van der Waals surface area contributed by atoms with E-state index in [0.717, 1.165) is 0 Å². The topological polar surface area (TPSA) is 112 Å². The van der Waals surface area contributed by atoms with E-state index in [-0.39, 0.29) is 69.2 Å². The van der Waals surface area contributed by atoms with Crippen LogP contribution in [0.4, 0.5) is 15.9 Å². The van der Waals surface area contributed by atoms with Crippen molar-refractivity contribution >= 4 is 45.8 Å². The number of anilines is 2. The SMILES string of the molecule is C=CC(=O)N1CC(C)N2c3nc(=O)n(-c4c(C)ccnc4C(C)C)c4c(F)c(-c5ccccc5O)c(Cl)c(c34)N(C)C(=O)C2C1. The molecule has 2 atom stereocenters. The highest BCUT2D eigenvalue weighted by molar-refractivity contribution is 6.39. The van der Waals surface area contributed by atoms with Crippen LogP contribution in [0.1, 0.15) is 37.9 Å². The van der Waals surface area contributed by atoms with Crippen molar-refractivity contribution in [2.75, 3.05) is 29.9 Å². The second-order valence-electron chi connectivity index (χ2n) is 11.8. The zero-order valence-electron chi connectivity index (χ0n) is 25.5. The van der Waals surface area contributed by atoms with Crippen molar-refractivity contribution in [1.29, 1.82) is 0 Å². The summed E-state index contributed by atoms with van der Waals surface area (Å²) in [6.45, 7) is 11.2. The predicted octanol–water partition coefficient (Wildman–Crippen LogP) is 4.95. The van der Waals surface area contributed by atoms with Crippen molar-refractivity contribution in [3.8, 4) is 22.6 Å². The monoisotopic (exact) mass is 630 g/mol. The minimum atomic E-state index is -0.958. The van der Waals surface area contributed by atoms with Gasteiger partial charge in [-0.15, -0.1) is 0 Å². The standard InChI is InChI=1S/C33H32ClFN6O4/c1-7-22(43)39-14-18(5)40-20(15-39)32(44)38(6)29-24-30(26(35)23(25(29)34)19-10-8-9-11-21(19)42)41(33(45)37-31(24)40)28-17(4)12-13-36-27(28)16(2)3/h7-13,16,18,20,42H,1,14-15H2,2-6H3. The van der Waals surface area contributed by atoms with Gasteiger partial charge in [-0.2, -0.15) is 4.98 Å². The molecule has 1 saturated heterocycles. The van der Waals surface area contributed by atoms with Crippen LogP contribution in [0.25, 0.3) is 27.7 Å². The first-order chi connectivity index (χ1) is 21.4. The van der Waals surface area contributed by atoms with Crippen LogP contribution in [0.15, 0.2) is 54.0 Å². The van der Waals surface area contributed by atoms with Crippen molar-refractivity contribution in [2.24, 2.45) is 0 Å². The maximum atomic E-state index is 17.4. The number of pyridine rings is 1. The Morgan fingerprint density at radius 2 is 1.89 bits per heavy atom. The third-order valence-corrected chi connectivity index (χ3v) is 9.01. The summed E-state index contributed by atoms with van der Waals surface area (Å²) < 4.78 is 18.6. The molecule has 1 N–H and O–H groups in total. The molecule has 10 nitrogen and oxygen atoms in total. The summed E-state index contributed by atoms with van der Waals surface area (Å²) in [4.78, 5) is 54.8. The number of piperazine rings is 1. The average molecular weight is 631 g/mol. The van der Waals surface area contributed by atoms with E-state index in [2.05, 4.69) is 16.5 Å². The van der Waals surface area contributed by atoms with E-state index in [4.69, 9.17) is 11.6 Å². The summed E-state index contributed by atoms with van der Waals surface area (Å²) in [5.74, 6) is -1.94. The molecule has 2 amide bonds. The second kappa shape index (κ2) is 11.0. The molecule has 0 spiro atoms. The molecule has 0 aliphatic carbocycles. The van der Waals surface area contributed by atoms with Crippen molar-refractivity contribution < 1.29 is 19.1 Å². The van der Waals surface area contributed by atoms with Gasteiger partial charge in [0.2, 0.25) is 5.91 Å². The number of hydrogen-bond acceptors (Lipinski definition) is 7. The Hall–Kier alpha value is -4.77. The Morgan fingerprint density at radius 1 is 1.18 bits per heavy atom. The summed E-state index contributed by atoms with van der Waals surface area (Å²) in [5.41, 5.74) is 0.687. The molecule has 2 aliphatic heterocycles. The Labute approximate surface area is 264 Å². The molecule has 1 fully saturated rings. The van der Waals surface area contributed by atoms with Gasteiger partial charge in [-0.3, -0.25) is 19.1 Å². The largest absolute Gasteiger partial charge is 0.507 e. The van der Waals surface area contributed by atoms with Crippen LogP contribution >= 0.6 is 11.6 Å². The van der Waals surface area contributed by atoms with Crippen LogP contribution in [-0.4, -0.2) is 68.6 Å². The third-order valence-electron chi connectivity index (χ3n) is 8.64. The van der Waals surface area contributed by atoms with Gasteiger partial charge in [0.15, 0.2) is 5.82 Å². The van der Waals surface area contributed by atoms with E-state index < -0.39 is 29.5 Å². The molecule has 0 saturated carbocycles. The third kappa shape index (κ3) is 4.48. The zero-order chi connectivity index (χ0) is 32.5. The lowest BCUT2D eigenvalue weighted by Gasteiger charge is -2.45. The van der Waals surface area contributed by atoms with Crippen LogP contribution in [0.2, 0.25) is 5.02 Å². The molecule has 12 heteroatoms. The molecule has 2 aromatic carbocycles. The number of fused-ring (bicyclic) bond motifs is 2. The number of phenolic OH excluding ortho intramolecular Hbond substituents is 1. The van der Waals surface area contributed by atoms with Crippen LogP contribution < -0.4 is 15.5 Å². The highest BCUT2D eigenvalue weighted by Gasteiger charge is 2.45. The van der Waals surface area contributed by atoms with Crippen LogP contribution in [0.5, 0.6) is 5.75 Å². The fourth-order valence-electron chi connectivity index (χ4n) is 6.58. The maximum Gasteiger partial charge on any atom is 0.354 e. The number of carbonyl (C=O) groups is 2. The number of likely N-dealkylation sites (N-methyl/N-ethyl adjacent to an activating group) is 1. The summed E-state index contributed by atoms with van der Waals surface area (Å²) in [5, 5.41) is 10.9. The lowest BCUT2D eigenvalue weighted by Crippen LogP contribution is -2.63. The number of benzene rings is 2. The number of aromatic nitrogens is 3. The number of carbonyl (C=O) groups excluding carboxylic acids is 2. The van der Waals surface area contributed by atoms with Gasteiger partial charge in [-0.05, 0) is 43.5 Å². The minimum Gasteiger partial charge on any atom is -0.507 e. The molecule has 2 aliphatic rings. The van der Waals surface area contributed by atoms with Gasteiger partial charge in [0.25, 0.3) is 5.91 Å². The molecule has 0 bridgehead atoms. The van der Waals surface area contributed by atoms with E-state index >= 15 is 4.39 Å². The molecule has 6 rings (SSSR count). The zero-order valence-corrected chi connectivity index (χ0v) is 26.3. The molecular formula is C33H32ClFN6O4. The molecule has 4 heterocycles. The number of nitrogens with zero attached hydrogens (tertiary/aromatic N) is 6. The molecule has 4 aromatic rings. The summed E-state index contributed by atoms with van der Waals surface area (Å²) in [6.07, 6.45) is 2.82. The average Bonchev–Trinajstić information content (AvgIpc) is 3.09. The Balaban J connectivity index is 1.82. The molecule has 0 radical (unpaired) electrons. The highest BCUT2D eigenvalue weighted by atomic mass is 35.5. The van der Waals surface area contributed by atoms with Gasteiger partial charge in [0, 0.05) is 37.0 Å². The summed E-state index contributed by atoms with van der Waals surface area (Å²) >= 11 is 7.06. The second-order valence-corrected chi connectivity index (χ2v) is 12.2. The molecule has 2 aromatic heterocycles. The molecule has 45 heavy (non-hydrogen) atoms. The normalized spacial score (nSPS) is 18.0. The molecule has 232 valence electrons. The van der Waals surface area contributed by atoms with Crippen molar-refractivity contribution in [1.82, 2.24) is 19.4 Å². The van der Waals surface area contributed by atoms with Crippen molar-refractivity contribution in [2.45, 2.75) is 45.7 Å². The predicted molar refractivity (Wildman–Crippen MR) is 172 cm³/mol. The van der Waals surface area contributed by atoms with Gasteiger partial charge in [-0.1, -0.05) is 50.2 Å². The van der Waals surface area contributed by atoms with Crippen LogP contribution in [0, 0.1) is 12.7 Å². The van der Waals surface area contributed by atoms with E-state index in [9.17, 15) is 19.5 Å². The number of amides is 2. The highest BCUT2D eigenvalue weighted by Crippen LogP contribution is 2.50. The van der Waals surface area contributed by atoms with Crippen molar-refractivity contribution in [3.63, 3.8) is 0 Å². The number of aryl methyl sites for hydroxylation is 1. The van der Waals surface area contributed by atoms with Crippen molar-refractivity contribution in [3.05, 3.63) is 81.8 Å². The number of aromatic hydroxyl groups is 1. The maximum absolute atomic E-state index is 17.4. The first kappa shape index (κ1) is 30.3. The lowest BCUT2D eigenvalue weighted by atomic mass is 9.98. The van der Waals surface area contributed by atoms with Gasteiger partial charge in [0.1, 0.15) is 23.1 Å². The quantitative estimate of drug-likeness (QED) is 0.318. The number of hydrogen-bond donors (Lipinski definition) is 1. The van der Waals surface area contributed by atoms with E-state index in [1.54, 1.807) is 36.2 Å². The number of rotatable bonds is 4. The first-order valence-corrected chi connectivity index (χ1v) is 15.0. The molecule has 2 unspecified atom stereocenters. The lowest BCUT2D eigenvalue weighted by molar-refractivity contribution is -0.129. The Bertz CT molecular complexity index is 1990. The van der Waals surface area contributed by atoms with E-state index in [1.807, 2.05) is 20.8 Å². The van der Waals surface area contributed by atoms with Gasteiger partial charge in [-0.25, -0.2) is 9.18 Å². The number of phenols is 1. The fraction of sp³-hybridized carbons (Fsp3) is 0.303. The van der Waals surface area contributed by atoms with Gasteiger partial charge in [0.05, 0.1) is 34.0 Å². The fourth-order valence-corrected chi connectivity index (χ4v) is 6.98. The van der Waals surface area contributed by atoms with Crippen LogP contribution in [0.3, 0.4) is 0 Å².